The number of pyridine rings is 2. The van der Waals surface area contributed by atoms with Gasteiger partial charge >= 0.3 is 12.1 Å². The first-order valence-corrected chi connectivity index (χ1v) is 17.9. The van der Waals surface area contributed by atoms with E-state index in [2.05, 4.69) is 52.2 Å². The van der Waals surface area contributed by atoms with E-state index in [0.29, 0.717) is 51.6 Å². The van der Waals surface area contributed by atoms with Gasteiger partial charge in [0, 0.05) is 57.6 Å². The summed E-state index contributed by atoms with van der Waals surface area (Å²) in [6.07, 6.45) is 1.42. The SMILES string of the molecule is CC(C)(C)c1cc(NC(=O)Nc2ccc(NC(=O)c3ncccc3O)cc2)no1.Cc1cccc(C(=O)Nc2ccc(NC(=O)Nc3cc(C(C)(C)C)on3)cc2)n1. The fraction of sp³-hybridized carbons (Fsp3) is 0.220. The second kappa shape index (κ2) is 17.9. The fourth-order valence-electron chi connectivity index (χ4n) is 4.83. The van der Waals surface area contributed by atoms with Crippen molar-refractivity contribution in [2.75, 3.05) is 31.9 Å². The normalized spacial score (nSPS) is 11.0. The van der Waals surface area contributed by atoms with Crippen molar-refractivity contribution in [1.29, 1.82) is 0 Å². The van der Waals surface area contributed by atoms with E-state index in [1.807, 2.05) is 54.5 Å². The number of carbonyl (C=O) groups excluding carboxylic acids is 4. The molecule has 7 N–H and O–H groups in total. The summed E-state index contributed by atoms with van der Waals surface area (Å²) in [6.45, 7) is 13.7. The molecule has 4 aromatic heterocycles. The number of hydrogen-bond donors (Lipinski definition) is 7. The summed E-state index contributed by atoms with van der Waals surface area (Å²) in [7, 11) is 0. The molecule has 0 aliphatic heterocycles. The van der Waals surface area contributed by atoms with Crippen molar-refractivity contribution in [3.05, 3.63) is 126 Å². The number of carbonyl (C=O) groups is 4. The van der Waals surface area contributed by atoms with E-state index in [4.69, 9.17) is 9.05 Å². The Bertz CT molecular complexity index is 2380. The molecule has 0 fully saturated rings. The second-order valence-electron chi connectivity index (χ2n) is 14.9. The summed E-state index contributed by atoms with van der Waals surface area (Å²) in [5.41, 5.74) is 2.78. The summed E-state index contributed by atoms with van der Waals surface area (Å²) in [5, 5.41) is 33.3. The highest BCUT2D eigenvalue weighted by atomic mass is 16.5. The predicted molar refractivity (Wildman–Crippen MR) is 219 cm³/mol. The zero-order valence-electron chi connectivity index (χ0n) is 32.9. The zero-order chi connectivity index (χ0) is 42.0. The monoisotopic (exact) mass is 788 g/mol. The van der Waals surface area contributed by atoms with Gasteiger partial charge in [0.05, 0.1) is 0 Å². The van der Waals surface area contributed by atoms with Gasteiger partial charge in [-0.1, -0.05) is 57.9 Å². The molecule has 17 heteroatoms. The molecule has 0 radical (unpaired) electrons. The molecule has 0 aliphatic rings. The number of aryl methyl sites for hydroxylation is 1. The van der Waals surface area contributed by atoms with Gasteiger partial charge in [0.15, 0.2) is 17.3 Å². The number of hydrogen-bond acceptors (Lipinski definition) is 11. The topological polar surface area (TPSA) is 239 Å². The minimum atomic E-state index is -0.540. The van der Waals surface area contributed by atoms with Crippen molar-refractivity contribution in [2.45, 2.75) is 59.3 Å². The van der Waals surface area contributed by atoms with Gasteiger partial charge in [-0.2, -0.15) is 0 Å². The third kappa shape index (κ3) is 12.0. The minimum absolute atomic E-state index is 0.0729. The lowest BCUT2D eigenvalue weighted by atomic mass is 9.93. The maximum Gasteiger partial charge on any atom is 0.324 e. The summed E-state index contributed by atoms with van der Waals surface area (Å²) < 4.78 is 10.5. The molecule has 0 saturated heterocycles. The lowest BCUT2D eigenvalue weighted by Gasteiger charge is -2.12. The first kappa shape index (κ1) is 41.6. The number of anilines is 6. The van der Waals surface area contributed by atoms with Gasteiger partial charge in [-0.3, -0.25) is 20.2 Å². The molecule has 6 aromatic rings. The van der Waals surface area contributed by atoms with E-state index >= 15 is 0 Å². The van der Waals surface area contributed by atoms with E-state index in [9.17, 15) is 24.3 Å². The van der Waals surface area contributed by atoms with Gasteiger partial charge in [-0.15, -0.1) is 0 Å². The average Bonchev–Trinajstić information content (AvgIpc) is 3.84. The Labute approximate surface area is 334 Å². The molecule has 0 atom stereocenters. The third-order valence-electron chi connectivity index (χ3n) is 7.91. The maximum absolute atomic E-state index is 12.2. The maximum atomic E-state index is 12.2. The van der Waals surface area contributed by atoms with Crippen molar-refractivity contribution in [3.63, 3.8) is 0 Å². The number of aromatic nitrogens is 4. The van der Waals surface area contributed by atoms with Crippen LogP contribution in [0, 0.1) is 6.92 Å². The predicted octanol–water partition coefficient (Wildman–Crippen LogP) is 8.54. The Hall–Kier alpha value is -7.56. The van der Waals surface area contributed by atoms with Crippen molar-refractivity contribution in [1.82, 2.24) is 20.3 Å². The molecule has 4 heterocycles. The van der Waals surface area contributed by atoms with Crippen molar-refractivity contribution in [2.24, 2.45) is 0 Å². The Morgan fingerprint density at radius 2 is 1.02 bits per heavy atom. The van der Waals surface area contributed by atoms with Crippen LogP contribution in [-0.2, 0) is 10.8 Å². The largest absolute Gasteiger partial charge is 0.505 e. The van der Waals surface area contributed by atoms with E-state index < -0.39 is 18.0 Å². The summed E-state index contributed by atoms with van der Waals surface area (Å²) in [6, 6.07) is 23.8. The molecule has 0 spiro atoms. The molecule has 300 valence electrons. The van der Waals surface area contributed by atoms with Crippen molar-refractivity contribution in [3.8, 4) is 5.75 Å². The number of nitrogens with one attached hydrogen (secondary N) is 6. The van der Waals surface area contributed by atoms with Gasteiger partial charge in [0.25, 0.3) is 11.8 Å². The van der Waals surface area contributed by atoms with Crippen LogP contribution in [-0.4, -0.2) is 49.3 Å². The summed E-state index contributed by atoms with van der Waals surface area (Å²) >= 11 is 0. The number of aromatic hydroxyl groups is 1. The Kier molecular flexibility index (Phi) is 12.9. The first-order valence-electron chi connectivity index (χ1n) is 17.9. The molecule has 6 amide bonds. The van der Waals surface area contributed by atoms with E-state index in [1.165, 1.54) is 18.3 Å². The van der Waals surface area contributed by atoms with Crippen LogP contribution in [0.25, 0.3) is 0 Å². The summed E-state index contributed by atoms with van der Waals surface area (Å²) in [5.74, 6) is 0.939. The van der Waals surface area contributed by atoms with Crippen LogP contribution in [0.5, 0.6) is 5.75 Å². The van der Waals surface area contributed by atoms with Crippen molar-refractivity contribution < 1.29 is 33.3 Å². The number of urea groups is 2. The van der Waals surface area contributed by atoms with Gasteiger partial charge in [0.1, 0.15) is 23.0 Å². The first-order chi connectivity index (χ1) is 27.4. The highest BCUT2D eigenvalue weighted by Gasteiger charge is 2.22. The van der Waals surface area contributed by atoms with Crippen LogP contribution < -0.4 is 31.9 Å². The Balaban J connectivity index is 0.000000221. The number of benzene rings is 2. The molecule has 58 heavy (non-hydrogen) atoms. The molecule has 17 nitrogen and oxygen atoms in total. The Morgan fingerprint density at radius 3 is 1.43 bits per heavy atom. The molecule has 0 aliphatic carbocycles. The molecule has 0 unspecified atom stereocenters. The molecule has 0 bridgehead atoms. The molecule has 2 aromatic carbocycles. The quantitative estimate of drug-likeness (QED) is 0.0771. The van der Waals surface area contributed by atoms with Gasteiger partial charge < -0.3 is 35.4 Å². The van der Waals surface area contributed by atoms with Crippen LogP contribution in [0.2, 0.25) is 0 Å². The van der Waals surface area contributed by atoms with Crippen LogP contribution >= 0.6 is 0 Å². The highest BCUT2D eigenvalue weighted by Crippen LogP contribution is 2.26. The fourth-order valence-corrected chi connectivity index (χ4v) is 4.83. The second-order valence-corrected chi connectivity index (χ2v) is 14.9. The third-order valence-corrected chi connectivity index (χ3v) is 7.91. The number of rotatable bonds is 8. The van der Waals surface area contributed by atoms with Crippen LogP contribution in [0.3, 0.4) is 0 Å². The minimum Gasteiger partial charge on any atom is -0.505 e. The van der Waals surface area contributed by atoms with Crippen molar-refractivity contribution >= 4 is 58.3 Å². The summed E-state index contributed by atoms with van der Waals surface area (Å²) in [4.78, 5) is 56.7. The lowest BCUT2D eigenvalue weighted by molar-refractivity contribution is 0.101. The molecule has 0 saturated carbocycles. The molecular formula is C41H44N10O7. The average molecular weight is 789 g/mol. The number of nitrogens with zero attached hydrogens (tertiary/aromatic N) is 4. The smallest absolute Gasteiger partial charge is 0.324 e. The van der Waals surface area contributed by atoms with Crippen LogP contribution in [0.15, 0.2) is 106 Å². The van der Waals surface area contributed by atoms with Gasteiger partial charge in [-0.05, 0) is 79.7 Å². The van der Waals surface area contributed by atoms with Crippen LogP contribution in [0.4, 0.5) is 44.0 Å². The van der Waals surface area contributed by atoms with Gasteiger partial charge in [-0.25, -0.2) is 19.6 Å². The van der Waals surface area contributed by atoms with E-state index in [-0.39, 0.29) is 28.2 Å². The van der Waals surface area contributed by atoms with E-state index in [0.717, 1.165) is 5.69 Å². The Morgan fingerprint density at radius 1 is 0.569 bits per heavy atom. The van der Waals surface area contributed by atoms with Crippen LogP contribution in [0.1, 0.15) is 79.7 Å². The highest BCUT2D eigenvalue weighted by molar-refractivity contribution is 6.05. The van der Waals surface area contributed by atoms with Gasteiger partial charge in [0.2, 0.25) is 0 Å². The molecule has 6 rings (SSSR count). The van der Waals surface area contributed by atoms with E-state index in [1.54, 1.807) is 72.8 Å². The molecular weight excluding hydrogens is 745 g/mol. The number of amides is 6. The standard InChI is InChI=1S/C21H23N5O3.C20H21N5O4/c1-13-6-5-7-16(22-13)19(27)23-14-8-10-15(11-9-14)24-20(28)25-18-12-17(29-26-18)21(2,3)4;1-20(2,3)15-11-16(25-29-15)24-19(28)23-13-8-6-12(7-9-13)22-18(27)17-14(26)5-4-10-21-17/h5-12H,1-4H3,(H,23,27)(H2,24,25,26,28);4-11,26H,1-3H3,(H,22,27)(H2,23,24,25,28). The lowest BCUT2D eigenvalue weighted by Crippen LogP contribution is -2.19. The zero-order valence-corrected chi connectivity index (χ0v) is 32.9.